The number of methoxy groups -OCH3 is 1. The largest absolute Gasteiger partial charge is 0.503 e. The van der Waals surface area contributed by atoms with Crippen molar-refractivity contribution in [3.63, 3.8) is 0 Å². The number of ether oxygens (including phenoxy) is 1. The first-order valence-electron chi connectivity index (χ1n) is 5.42. The molecule has 0 fully saturated rings. The lowest BCUT2D eigenvalue weighted by Gasteiger charge is -2.14. The lowest BCUT2D eigenvalue weighted by Crippen LogP contribution is -2.10. The van der Waals surface area contributed by atoms with Crippen LogP contribution in [0.3, 0.4) is 0 Å². The first-order chi connectivity index (χ1) is 7.60. The van der Waals surface area contributed by atoms with Crippen LogP contribution in [-0.4, -0.2) is 12.2 Å². The average Bonchev–Trinajstić information content (AvgIpc) is 2.29. The smallest absolute Gasteiger partial charge is 0.172 e. The van der Waals surface area contributed by atoms with Crippen molar-refractivity contribution < 1.29 is 9.84 Å². The third-order valence-corrected chi connectivity index (χ3v) is 3.17. The summed E-state index contributed by atoms with van der Waals surface area (Å²) in [6, 6.07) is 3.63. The molecule has 0 bridgehead atoms. The summed E-state index contributed by atoms with van der Waals surface area (Å²) in [5.41, 5.74) is 7.05. The Morgan fingerprint density at radius 2 is 2.19 bits per heavy atom. The summed E-state index contributed by atoms with van der Waals surface area (Å²) >= 11 is 3.29. The molecule has 1 rings (SSSR count). The SMILES string of the molecule is CCCC[C@H](N)c1cc(Br)c(O)c(OC)c1. The van der Waals surface area contributed by atoms with E-state index in [9.17, 15) is 5.11 Å². The number of rotatable bonds is 5. The number of phenols is 1. The third kappa shape index (κ3) is 3.12. The zero-order valence-electron chi connectivity index (χ0n) is 9.66. The zero-order chi connectivity index (χ0) is 12.1. The number of hydrogen-bond acceptors (Lipinski definition) is 3. The molecule has 1 aromatic carbocycles. The molecule has 16 heavy (non-hydrogen) atoms. The fourth-order valence-electron chi connectivity index (χ4n) is 1.55. The van der Waals surface area contributed by atoms with E-state index in [2.05, 4.69) is 22.9 Å². The monoisotopic (exact) mass is 287 g/mol. The standard InChI is InChI=1S/C12H18BrNO2/c1-3-4-5-10(14)8-6-9(13)12(15)11(7-8)16-2/h6-7,10,15H,3-5,14H2,1-2H3/t10-/m0/s1. The van der Waals surface area contributed by atoms with Crippen molar-refractivity contribution in [1.29, 1.82) is 0 Å². The van der Waals surface area contributed by atoms with Crippen molar-refractivity contribution in [3.8, 4) is 11.5 Å². The second-order valence-corrected chi connectivity index (χ2v) is 4.66. The molecule has 1 atom stereocenters. The summed E-state index contributed by atoms with van der Waals surface area (Å²) in [6.45, 7) is 2.14. The van der Waals surface area contributed by atoms with Crippen molar-refractivity contribution in [3.05, 3.63) is 22.2 Å². The lowest BCUT2D eigenvalue weighted by atomic mass is 10.0. The van der Waals surface area contributed by atoms with E-state index in [0.29, 0.717) is 10.2 Å². The second kappa shape index (κ2) is 6.11. The molecule has 0 aliphatic heterocycles. The lowest BCUT2D eigenvalue weighted by molar-refractivity contribution is 0.370. The molecule has 0 aliphatic carbocycles. The van der Waals surface area contributed by atoms with E-state index >= 15 is 0 Å². The van der Waals surface area contributed by atoms with Crippen LogP contribution in [0.5, 0.6) is 11.5 Å². The van der Waals surface area contributed by atoms with E-state index in [1.165, 1.54) is 7.11 Å². The van der Waals surface area contributed by atoms with Gasteiger partial charge < -0.3 is 15.6 Å². The molecule has 1 aromatic rings. The highest BCUT2D eigenvalue weighted by Crippen LogP contribution is 2.37. The molecule has 0 heterocycles. The molecule has 0 radical (unpaired) electrons. The molecule has 0 aromatic heterocycles. The maximum Gasteiger partial charge on any atom is 0.172 e. The molecule has 0 saturated heterocycles. The topological polar surface area (TPSA) is 55.5 Å². The van der Waals surface area contributed by atoms with Crippen LogP contribution in [0, 0.1) is 0 Å². The minimum atomic E-state index is -0.00856. The molecular formula is C12H18BrNO2. The summed E-state index contributed by atoms with van der Waals surface area (Å²) in [5, 5.41) is 9.67. The van der Waals surface area contributed by atoms with Gasteiger partial charge in [0.15, 0.2) is 11.5 Å². The predicted molar refractivity (Wildman–Crippen MR) is 68.8 cm³/mol. The van der Waals surface area contributed by atoms with E-state index in [1.54, 1.807) is 6.07 Å². The van der Waals surface area contributed by atoms with Crippen LogP contribution in [0.25, 0.3) is 0 Å². The zero-order valence-corrected chi connectivity index (χ0v) is 11.3. The Hall–Kier alpha value is -0.740. The van der Waals surface area contributed by atoms with Gasteiger partial charge in [-0.3, -0.25) is 0 Å². The van der Waals surface area contributed by atoms with E-state index in [-0.39, 0.29) is 11.8 Å². The van der Waals surface area contributed by atoms with Gasteiger partial charge in [0.25, 0.3) is 0 Å². The Bertz CT molecular complexity index is 355. The van der Waals surface area contributed by atoms with Gasteiger partial charge in [-0.1, -0.05) is 19.8 Å². The fourth-order valence-corrected chi connectivity index (χ4v) is 2.01. The highest BCUT2D eigenvalue weighted by molar-refractivity contribution is 9.10. The van der Waals surface area contributed by atoms with Crippen LogP contribution in [0.2, 0.25) is 0 Å². The molecule has 0 amide bonds. The normalized spacial score (nSPS) is 12.5. The molecule has 0 aliphatic rings. The molecule has 0 saturated carbocycles. The summed E-state index contributed by atoms with van der Waals surface area (Å²) in [6.07, 6.45) is 3.17. The van der Waals surface area contributed by atoms with E-state index in [0.717, 1.165) is 24.8 Å². The first kappa shape index (κ1) is 13.3. The molecule has 3 nitrogen and oxygen atoms in total. The molecule has 0 spiro atoms. The van der Waals surface area contributed by atoms with Crippen molar-refractivity contribution in [2.45, 2.75) is 32.2 Å². The van der Waals surface area contributed by atoms with E-state index in [4.69, 9.17) is 10.5 Å². The first-order valence-corrected chi connectivity index (χ1v) is 6.21. The van der Waals surface area contributed by atoms with Gasteiger partial charge in [-0.15, -0.1) is 0 Å². The van der Waals surface area contributed by atoms with Crippen molar-refractivity contribution >= 4 is 15.9 Å². The number of halogens is 1. The highest BCUT2D eigenvalue weighted by Gasteiger charge is 2.12. The minimum Gasteiger partial charge on any atom is -0.503 e. The summed E-state index contributed by atoms with van der Waals surface area (Å²) in [4.78, 5) is 0. The quantitative estimate of drug-likeness (QED) is 0.873. The maximum atomic E-state index is 9.67. The van der Waals surface area contributed by atoms with Crippen LogP contribution in [-0.2, 0) is 0 Å². The van der Waals surface area contributed by atoms with Gasteiger partial charge in [-0.05, 0) is 40.0 Å². The van der Waals surface area contributed by atoms with Crippen LogP contribution < -0.4 is 10.5 Å². The summed E-state index contributed by atoms with van der Waals surface area (Å²) in [5.74, 6) is 0.574. The molecule has 4 heteroatoms. The van der Waals surface area contributed by atoms with Gasteiger partial charge in [0, 0.05) is 6.04 Å². The summed E-state index contributed by atoms with van der Waals surface area (Å²) < 4.78 is 5.70. The number of benzene rings is 1. The van der Waals surface area contributed by atoms with Gasteiger partial charge in [-0.25, -0.2) is 0 Å². The van der Waals surface area contributed by atoms with Crippen molar-refractivity contribution in [2.75, 3.05) is 7.11 Å². The highest BCUT2D eigenvalue weighted by atomic mass is 79.9. The van der Waals surface area contributed by atoms with Gasteiger partial charge in [0.2, 0.25) is 0 Å². The van der Waals surface area contributed by atoms with Crippen LogP contribution >= 0.6 is 15.9 Å². The summed E-state index contributed by atoms with van der Waals surface area (Å²) in [7, 11) is 1.53. The number of nitrogens with two attached hydrogens (primary N) is 1. The number of aromatic hydroxyl groups is 1. The average molecular weight is 288 g/mol. The Labute approximate surface area is 105 Å². The van der Waals surface area contributed by atoms with Gasteiger partial charge >= 0.3 is 0 Å². The van der Waals surface area contributed by atoms with Crippen molar-refractivity contribution in [1.82, 2.24) is 0 Å². The minimum absolute atomic E-state index is 0.00856. The Kier molecular flexibility index (Phi) is 5.09. The molecular weight excluding hydrogens is 270 g/mol. The maximum absolute atomic E-state index is 9.67. The Morgan fingerprint density at radius 3 is 2.75 bits per heavy atom. The molecule has 0 unspecified atom stereocenters. The predicted octanol–water partition coefficient (Wildman–Crippen LogP) is 3.35. The Morgan fingerprint density at radius 1 is 1.50 bits per heavy atom. The number of hydrogen-bond donors (Lipinski definition) is 2. The Balaban J connectivity index is 2.92. The van der Waals surface area contributed by atoms with Crippen molar-refractivity contribution in [2.24, 2.45) is 5.73 Å². The number of unbranched alkanes of at least 4 members (excludes halogenated alkanes) is 1. The van der Waals surface area contributed by atoms with E-state index < -0.39 is 0 Å². The van der Waals surface area contributed by atoms with E-state index in [1.807, 2.05) is 6.07 Å². The fraction of sp³-hybridized carbons (Fsp3) is 0.500. The second-order valence-electron chi connectivity index (χ2n) is 3.80. The van der Waals surface area contributed by atoms with Gasteiger partial charge in [-0.2, -0.15) is 0 Å². The number of phenolic OH excluding ortho intramolecular Hbond substituents is 1. The van der Waals surface area contributed by atoms with Gasteiger partial charge in [0.1, 0.15) is 0 Å². The van der Waals surface area contributed by atoms with Crippen LogP contribution in [0.15, 0.2) is 16.6 Å². The molecule has 3 N–H and O–H groups in total. The third-order valence-electron chi connectivity index (χ3n) is 2.57. The van der Waals surface area contributed by atoms with Crippen LogP contribution in [0.4, 0.5) is 0 Å². The molecule has 90 valence electrons. The van der Waals surface area contributed by atoms with Crippen LogP contribution in [0.1, 0.15) is 37.8 Å². The van der Waals surface area contributed by atoms with Gasteiger partial charge in [0.05, 0.1) is 11.6 Å².